The fourth-order valence-corrected chi connectivity index (χ4v) is 5.29. The Morgan fingerprint density at radius 2 is 1.05 bits per heavy atom. The molecule has 0 aromatic heterocycles. The van der Waals surface area contributed by atoms with Crippen molar-refractivity contribution in [2.24, 2.45) is 0 Å². The molecule has 2 aliphatic rings. The van der Waals surface area contributed by atoms with Crippen LogP contribution >= 0.6 is 0 Å². The molecule has 0 spiro atoms. The van der Waals surface area contributed by atoms with Crippen molar-refractivity contribution in [3.05, 3.63) is 70.8 Å². The molecule has 0 radical (unpaired) electrons. The first-order chi connectivity index (χ1) is 18.2. The lowest BCUT2D eigenvalue weighted by Crippen LogP contribution is -2.25. The smallest absolute Gasteiger partial charge is 0.337 e. The van der Waals surface area contributed by atoms with Crippen LogP contribution in [0.1, 0.15) is 57.5 Å². The number of likely N-dealkylation sites (tertiary alicyclic amines) is 2. The van der Waals surface area contributed by atoms with Gasteiger partial charge in [-0.15, -0.1) is 0 Å². The van der Waals surface area contributed by atoms with E-state index in [9.17, 15) is 19.8 Å². The van der Waals surface area contributed by atoms with E-state index < -0.39 is 0 Å². The van der Waals surface area contributed by atoms with Gasteiger partial charge in [-0.3, -0.25) is 0 Å². The molecule has 2 aromatic carbocycles. The molecule has 2 aromatic rings. The number of likely N-dealkylation sites (N-methyl/N-ethyl adjacent to an activating group) is 2. The summed E-state index contributed by atoms with van der Waals surface area (Å²) in [7, 11) is 6.89. The van der Waals surface area contributed by atoms with Crippen LogP contribution in [0.15, 0.2) is 48.5 Å². The lowest BCUT2D eigenvalue weighted by Gasteiger charge is -2.18. The standard InChI is InChI=1S/2C15H21NO3/c2*1-16-10-14(17)9-13(16)8-5-11-3-6-12(7-4-11)15(18)19-2/h2*3-4,6-7,13-14,17H,5,8-10H2,1-2H3/t2*13-,14-/m11/s1. The maximum atomic E-state index is 11.3. The van der Waals surface area contributed by atoms with Crippen LogP contribution in [0.4, 0.5) is 0 Å². The van der Waals surface area contributed by atoms with E-state index in [2.05, 4.69) is 33.4 Å². The number of hydrogen-bond donors (Lipinski definition) is 2. The molecule has 0 bridgehead atoms. The Morgan fingerprint density at radius 3 is 1.32 bits per heavy atom. The molecule has 208 valence electrons. The fraction of sp³-hybridized carbons (Fsp3) is 0.533. The first-order valence-electron chi connectivity index (χ1n) is 13.3. The number of nitrogens with zero attached hydrogens (tertiary/aromatic N) is 2. The van der Waals surface area contributed by atoms with Crippen LogP contribution in [0.25, 0.3) is 0 Å². The third-order valence-corrected chi connectivity index (χ3v) is 7.62. The summed E-state index contributed by atoms with van der Waals surface area (Å²) in [5.41, 5.74) is 3.59. The second-order valence-electron chi connectivity index (χ2n) is 10.4. The maximum absolute atomic E-state index is 11.3. The number of carbonyl (C=O) groups is 2. The van der Waals surface area contributed by atoms with Crippen LogP contribution in [-0.4, -0.2) is 97.6 Å². The zero-order chi connectivity index (χ0) is 27.7. The first kappa shape index (κ1) is 29.8. The summed E-state index contributed by atoms with van der Waals surface area (Å²) in [4.78, 5) is 27.1. The third-order valence-electron chi connectivity index (χ3n) is 7.62. The lowest BCUT2D eigenvalue weighted by molar-refractivity contribution is 0.0592. The van der Waals surface area contributed by atoms with Crippen LogP contribution < -0.4 is 0 Å². The average molecular weight is 527 g/mol. The molecule has 0 unspecified atom stereocenters. The van der Waals surface area contributed by atoms with E-state index in [-0.39, 0.29) is 24.1 Å². The van der Waals surface area contributed by atoms with Crippen molar-refractivity contribution >= 4 is 11.9 Å². The van der Waals surface area contributed by atoms with Gasteiger partial charge in [0.1, 0.15) is 0 Å². The molecule has 0 saturated carbocycles. The minimum absolute atomic E-state index is 0.184. The lowest BCUT2D eigenvalue weighted by atomic mass is 10.0. The number of β-amino-alcohol motifs (C(OH)–C–C–N with tert-alkyl or cyclic N) is 2. The van der Waals surface area contributed by atoms with E-state index >= 15 is 0 Å². The van der Waals surface area contributed by atoms with Gasteiger partial charge in [0.05, 0.1) is 37.6 Å². The van der Waals surface area contributed by atoms with Crippen molar-refractivity contribution in [2.75, 3.05) is 41.4 Å². The molecule has 8 heteroatoms. The van der Waals surface area contributed by atoms with Crippen molar-refractivity contribution in [1.29, 1.82) is 0 Å². The quantitative estimate of drug-likeness (QED) is 0.507. The normalized spacial score (nSPS) is 23.5. The number of aryl methyl sites for hydroxylation is 2. The number of methoxy groups -OCH3 is 2. The monoisotopic (exact) mass is 526 g/mol. The first-order valence-corrected chi connectivity index (χ1v) is 13.3. The number of hydrogen-bond acceptors (Lipinski definition) is 8. The van der Waals surface area contributed by atoms with Gasteiger partial charge in [-0.1, -0.05) is 24.3 Å². The fourth-order valence-electron chi connectivity index (χ4n) is 5.29. The van der Waals surface area contributed by atoms with Crippen molar-refractivity contribution in [1.82, 2.24) is 9.80 Å². The highest BCUT2D eigenvalue weighted by Gasteiger charge is 2.28. The molecule has 4 atom stereocenters. The van der Waals surface area contributed by atoms with Gasteiger partial charge in [-0.05, 0) is 88.0 Å². The van der Waals surface area contributed by atoms with Gasteiger partial charge in [0, 0.05) is 25.2 Å². The molecule has 38 heavy (non-hydrogen) atoms. The summed E-state index contributed by atoms with van der Waals surface area (Å²) < 4.78 is 9.34. The van der Waals surface area contributed by atoms with Gasteiger partial charge in [-0.2, -0.15) is 0 Å². The van der Waals surface area contributed by atoms with Crippen LogP contribution in [0.5, 0.6) is 0 Å². The second kappa shape index (κ2) is 14.4. The molecule has 2 aliphatic heterocycles. The van der Waals surface area contributed by atoms with Crippen LogP contribution in [0, 0.1) is 0 Å². The van der Waals surface area contributed by atoms with Crippen molar-refractivity contribution in [3.63, 3.8) is 0 Å². The minimum Gasteiger partial charge on any atom is -0.465 e. The Kier molecular flexibility index (Phi) is 11.3. The number of ether oxygens (including phenoxy) is 2. The Hall–Kier alpha value is -2.78. The molecule has 4 rings (SSSR count). The number of aliphatic hydroxyl groups is 2. The number of esters is 2. The van der Waals surface area contributed by atoms with Gasteiger partial charge in [0.2, 0.25) is 0 Å². The maximum Gasteiger partial charge on any atom is 0.337 e. The Labute approximate surface area is 226 Å². The largest absolute Gasteiger partial charge is 0.465 e. The van der Waals surface area contributed by atoms with Gasteiger partial charge < -0.3 is 29.5 Å². The van der Waals surface area contributed by atoms with Crippen molar-refractivity contribution in [2.45, 2.75) is 62.8 Å². The minimum atomic E-state index is -0.301. The zero-order valence-corrected chi connectivity index (χ0v) is 23.0. The van der Waals surface area contributed by atoms with Crippen LogP contribution in [0.2, 0.25) is 0 Å². The molecular formula is C30H42N2O6. The van der Waals surface area contributed by atoms with E-state index in [1.807, 2.05) is 24.3 Å². The van der Waals surface area contributed by atoms with Crippen molar-refractivity contribution < 1.29 is 29.3 Å². The number of benzene rings is 2. The van der Waals surface area contributed by atoms with Gasteiger partial charge in [0.15, 0.2) is 0 Å². The van der Waals surface area contributed by atoms with E-state index in [1.54, 1.807) is 24.3 Å². The molecule has 8 nitrogen and oxygen atoms in total. The highest BCUT2D eigenvalue weighted by Crippen LogP contribution is 2.22. The van der Waals surface area contributed by atoms with Gasteiger partial charge in [0.25, 0.3) is 0 Å². The average Bonchev–Trinajstić information content (AvgIpc) is 3.43. The van der Waals surface area contributed by atoms with E-state index in [4.69, 9.17) is 0 Å². The summed E-state index contributed by atoms with van der Waals surface area (Å²) in [5, 5.41) is 19.2. The molecular weight excluding hydrogens is 484 g/mol. The predicted molar refractivity (Wildman–Crippen MR) is 146 cm³/mol. The van der Waals surface area contributed by atoms with E-state index in [0.717, 1.165) is 51.6 Å². The summed E-state index contributed by atoms with van der Waals surface area (Å²) in [6.45, 7) is 1.54. The van der Waals surface area contributed by atoms with Crippen LogP contribution in [0.3, 0.4) is 0 Å². The van der Waals surface area contributed by atoms with Gasteiger partial charge >= 0.3 is 11.9 Å². The summed E-state index contributed by atoms with van der Waals surface area (Å²) in [5.74, 6) is -0.601. The van der Waals surface area contributed by atoms with E-state index in [0.29, 0.717) is 23.2 Å². The molecule has 0 amide bonds. The highest BCUT2D eigenvalue weighted by molar-refractivity contribution is 5.89. The SMILES string of the molecule is COC(=O)c1ccc(CC[C@@H]2C[C@@H](O)CN2C)cc1.COC(=O)c1ccc(CC[C@@H]2C[C@@H](O)CN2C)cc1. The van der Waals surface area contributed by atoms with Crippen LogP contribution in [-0.2, 0) is 22.3 Å². The summed E-state index contributed by atoms with van der Waals surface area (Å²) in [6, 6.07) is 16.0. The van der Waals surface area contributed by atoms with Gasteiger partial charge in [-0.25, -0.2) is 9.59 Å². The number of rotatable bonds is 8. The molecule has 0 aliphatic carbocycles. The van der Waals surface area contributed by atoms with E-state index in [1.165, 1.54) is 25.3 Å². The zero-order valence-electron chi connectivity index (χ0n) is 23.0. The summed E-state index contributed by atoms with van der Waals surface area (Å²) >= 11 is 0. The second-order valence-corrected chi connectivity index (χ2v) is 10.4. The Balaban J connectivity index is 0.000000211. The topological polar surface area (TPSA) is 99.5 Å². The predicted octanol–water partition coefficient (Wildman–Crippen LogP) is 2.94. The third kappa shape index (κ3) is 8.63. The Morgan fingerprint density at radius 1 is 0.711 bits per heavy atom. The molecule has 2 saturated heterocycles. The highest BCUT2D eigenvalue weighted by atomic mass is 16.5. The van der Waals surface area contributed by atoms with Crippen molar-refractivity contribution in [3.8, 4) is 0 Å². The number of aliphatic hydroxyl groups excluding tert-OH is 2. The molecule has 2 N–H and O–H groups in total. The molecule has 2 fully saturated rings. The molecule has 2 heterocycles. The number of carbonyl (C=O) groups excluding carboxylic acids is 2. The summed E-state index contributed by atoms with van der Waals surface area (Å²) in [6.07, 6.45) is 5.34. The Bertz CT molecular complexity index is 943.